The Kier molecular flexibility index (Phi) is 4.62. The van der Waals surface area contributed by atoms with E-state index in [1.165, 1.54) is 7.11 Å². The van der Waals surface area contributed by atoms with Gasteiger partial charge in [-0.2, -0.15) is 0 Å². The van der Waals surface area contributed by atoms with Crippen LogP contribution in [0.15, 0.2) is 24.3 Å². The summed E-state index contributed by atoms with van der Waals surface area (Å²) in [6.45, 7) is 1.97. The Balaban J connectivity index is 2.89. The Morgan fingerprint density at radius 3 is 2.75 bits per heavy atom. The van der Waals surface area contributed by atoms with E-state index in [4.69, 9.17) is 4.65 Å². The minimum Gasteiger partial charge on any atom is -0.459 e. The molecule has 0 N–H and O–H groups in total. The lowest BCUT2D eigenvalue weighted by molar-refractivity contribution is -0.133. The van der Waals surface area contributed by atoms with E-state index in [0.717, 1.165) is 11.0 Å². The molecular weight excluding hydrogens is 203 g/mol. The number of carbonyl (C=O) groups excluding carboxylic acids is 1. The van der Waals surface area contributed by atoms with Crippen molar-refractivity contribution < 1.29 is 14.2 Å². The maximum absolute atomic E-state index is 10.8. The average molecular weight is 216 g/mol. The molecule has 0 saturated carbocycles. The first-order valence-electron chi connectivity index (χ1n) is 4.90. The third-order valence-corrected chi connectivity index (χ3v) is 2.20. The molecule has 0 amide bonds. The molecule has 3 nitrogen and oxygen atoms in total. The summed E-state index contributed by atoms with van der Waals surface area (Å²) >= 11 is 0. The monoisotopic (exact) mass is 216 g/mol. The van der Waals surface area contributed by atoms with Crippen molar-refractivity contribution in [1.82, 2.24) is 0 Å². The maximum Gasteiger partial charge on any atom is 0.384 e. The largest absolute Gasteiger partial charge is 0.459 e. The smallest absolute Gasteiger partial charge is 0.384 e. The van der Waals surface area contributed by atoms with Gasteiger partial charge < -0.3 is 9.39 Å². The molecule has 0 aromatic heterocycles. The van der Waals surface area contributed by atoms with E-state index in [1.54, 1.807) is 7.11 Å². The summed E-state index contributed by atoms with van der Waals surface area (Å²) in [5, 5.41) is 0. The number of esters is 1. The predicted molar refractivity (Wildman–Crippen MR) is 63.6 cm³/mol. The van der Waals surface area contributed by atoms with Crippen LogP contribution in [0, 0.1) is 11.8 Å². The average Bonchev–Trinajstić information content (AvgIpc) is 2.35. The van der Waals surface area contributed by atoms with Crippen LogP contribution >= 0.6 is 0 Å². The molecule has 0 spiro atoms. The normalized spacial score (nSPS) is 8.94. The summed E-state index contributed by atoms with van der Waals surface area (Å²) < 4.78 is 9.63. The molecule has 0 aliphatic carbocycles. The summed E-state index contributed by atoms with van der Waals surface area (Å²) in [6.07, 6.45) is 0. The fourth-order valence-electron chi connectivity index (χ4n) is 1.18. The minimum absolute atomic E-state index is 0.0138. The number of carbonyl (C=O) groups is 1. The lowest BCUT2D eigenvalue weighted by atomic mass is 9.63. The van der Waals surface area contributed by atoms with E-state index in [1.807, 2.05) is 31.1 Å². The zero-order valence-electron chi connectivity index (χ0n) is 9.61. The second-order valence-electron chi connectivity index (χ2n) is 3.24. The summed E-state index contributed by atoms with van der Waals surface area (Å²) in [5.41, 5.74) is 1.80. The molecular formula is C12H13BO3. The Bertz CT molecular complexity index is 431. The van der Waals surface area contributed by atoms with Crippen molar-refractivity contribution in [3.63, 3.8) is 0 Å². The van der Waals surface area contributed by atoms with Crippen molar-refractivity contribution >= 4 is 18.3 Å². The minimum atomic E-state index is -0.537. The highest BCUT2D eigenvalue weighted by molar-refractivity contribution is 6.66. The molecule has 16 heavy (non-hydrogen) atoms. The molecule has 1 rings (SSSR count). The molecule has 0 saturated heterocycles. The number of hydrogen-bond donors (Lipinski definition) is 0. The van der Waals surface area contributed by atoms with Gasteiger partial charge in [-0.05, 0) is 17.6 Å². The molecule has 0 heterocycles. The van der Waals surface area contributed by atoms with E-state index >= 15 is 0 Å². The van der Waals surface area contributed by atoms with Gasteiger partial charge >= 0.3 is 12.9 Å². The molecule has 0 radical (unpaired) electrons. The van der Waals surface area contributed by atoms with Crippen molar-refractivity contribution in [3.8, 4) is 11.8 Å². The molecule has 0 aliphatic heterocycles. The van der Waals surface area contributed by atoms with Crippen LogP contribution in [-0.4, -0.2) is 27.1 Å². The zero-order chi connectivity index (χ0) is 12.0. The van der Waals surface area contributed by atoms with E-state index < -0.39 is 5.97 Å². The Morgan fingerprint density at radius 2 is 2.12 bits per heavy atom. The zero-order valence-corrected chi connectivity index (χ0v) is 9.61. The van der Waals surface area contributed by atoms with Gasteiger partial charge in [0.05, 0.1) is 7.11 Å². The van der Waals surface area contributed by atoms with Crippen LogP contribution in [0.4, 0.5) is 0 Å². The standard InChI is InChI=1S/C12H13BO3/c1-13(16-3)11-6-4-5-10(9-11)7-8-12(14)15-2/h4-6,9H,1-3H3. The predicted octanol–water partition coefficient (Wildman–Crippen LogP) is 0.686. The van der Waals surface area contributed by atoms with Gasteiger partial charge in [-0.3, -0.25) is 0 Å². The lowest BCUT2D eigenvalue weighted by Gasteiger charge is -2.05. The van der Waals surface area contributed by atoms with Gasteiger partial charge in [0.25, 0.3) is 0 Å². The van der Waals surface area contributed by atoms with Crippen LogP contribution < -0.4 is 5.46 Å². The quantitative estimate of drug-likeness (QED) is 0.414. The summed E-state index contributed by atoms with van der Waals surface area (Å²) in [4.78, 5) is 10.8. The second-order valence-corrected chi connectivity index (χ2v) is 3.24. The molecule has 0 atom stereocenters. The van der Waals surface area contributed by atoms with Crippen LogP contribution in [0.5, 0.6) is 0 Å². The maximum atomic E-state index is 10.8. The summed E-state index contributed by atoms with van der Waals surface area (Å²) in [7, 11) is 2.96. The first kappa shape index (κ1) is 12.3. The first-order valence-corrected chi connectivity index (χ1v) is 4.90. The first-order chi connectivity index (χ1) is 7.67. The molecule has 0 fully saturated rings. The summed E-state index contributed by atoms with van der Waals surface area (Å²) in [5.74, 6) is 4.58. The topological polar surface area (TPSA) is 35.5 Å². The molecule has 4 heteroatoms. The van der Waals surface area contributed by atoms with Crippen LogP contribution in [0.2, 0.25) is 6.82 Å². The number of rotatable bonds is 2. The fourth-order valence-corrected chi connectivity index (χ4v) is 1.18. The number of hydrogen-bond acceptors (Lipinski definition) is 3. The molecule has 0 bridgehead atoms. The van der Waals surface area contributed by atoms with Crippen LogP contribution in [0.3, 0.4) is 0 Å². The van der Waals surface area contributed by atoms with Gasteiger partial charge in [-0.15, -0.1) is 0 Å². The molecule has 0 aliphatic rings. The SMILES string of the molecule is COB(C)c1cccc(C#CC(=O)OC)c1. The second kappa shape index (κ2) is 5.99. The third-order valence-electron chi connectivity index (χ3n) is 2.20. The van der Waals surface area contributed by atoms with Gasteiger partial charge in [0, 0.05) is 18.6 Å². The Hall–Kier alpha value is -1.73. The van der Waals surface area contributed by atoms with Crippen molar-refractivity contribution in [2.45, 2.75) is 6.82 Å². The summed E-state index contributed by atoms with van der Waals surface area (Å²) in [6, 6.07) is 7.57. The molecule has 1 aromatic rings. The number of methoxy groups -OCH3 is 1. The fraction of sp³-hybridized carbons (Fsp3) is 0.250. The van der Waals surface area contributed by atoms with Crippen molar-refractivity contribution in [2.24, 2.45) is 0 Å². The van der Waals surface area contributed by atoms with Crippen molar-refractivity contribution in [1.29, 1.82) is 0 Å². The van der Waals surface area contributed by atoms with Crippen molar-refractivity contribution in [3.05, 3.63) is 29.8 Å². The van der Waals surface area contributed by atoms with Gasteiger partial charge in [0.1, 0.15) is 0 Å². The van der Waals surface area contributed by atoms with Gasteiger partial charge in [0.2, 0.25) is 0 Å². The van der Waals surface area contributed by atoms with Crippen molar-refractivity contribution in [2.75, 3.05) is 14.2 Å². The number of benzene rings is 1. The highest BCUT2D eigenvalue weighted by atomic mass is 16.5. The van der Waals surface area contributed by atoms with Crippen LogP contribution in [0.25, 0.3) is 0 Å². The van der Waals surface area contributed by atoms with Crippen LogP contribution in [-0.2, 0) is 14.2 Å². The molecule has 82 valence electrons. The van der Waals surface area contributed by atoms with Crippen LogP contribution in [0.1, 0.15) is 5.56 Å². The highest BCUT2D eigenvalue weighted by Crippen LogP contribution is 1.96. The highest BCUT2D eigenvalue weighted by Gasteiger charge is 2.08. The van der Waals surface area contributed by atoms with E-state index in [-0.39, 0.29) is 6.92 Å². The molecule has 1 aromatic carbocycles. The molecule has 0 unspecified atom stereocenters. The van der Waals surface area contributed by atoms with E-state index in [0.29, 0.717) is 0 Å². The lowest BCUT2D eigenvalue weighted by Crippen LogP contribution is -2.28. The van der Waals surface area contributed by atoms with E-state index in [2.05, 4.69) is 16.6 Å². The third kappa shape index (κ3) is 3.45. The van der Waals surface area contributed by atoms with Gasteiger partial charge in [-0.1, -0.05) is 24.9 Å². The Morgan fingerprint density at radius 1 is 1.38 bits per heavy atom. The number of ether oxygens (including phenoxy) is 1. The Labute approximate surface area is 95.9 Å². The van der Waals surface area contributed by atoms with Gasteiger partial charge in [0.15, 0.2) is 0 Å². The van der Waals surface area contributed by atoms with E-state index in [9.17, 15) is 4.79 Å². The van der Waals surface area contributed by atoms with Gasteiger partial charge in [-0.25, -0.2) is 4.79 Å².